The highest BCUT2D eigenvalue weighted by molar-refractivity contribution is 7.88. The molecule has 6 nitrogen and oxygen atoms in total. The molecule has 7 heteroatoms. The van der Waals surface area contributed by atoms with Crippen LogP contribution in [0.25, 0.3) is 0 Å². The molecule has 23 heavy (non-hydrogen) atoms. The highest BCUT2D eigenvalue weighted by Gasteiger charge is 2.26. The lowest BCUT2D eigenvalue weighted by molar-refractivity contribution is -0.135. The molecule has 1 atom stereocenters. The van der Waals surface area contributed by atoms with E-state index in [1.54, 1.807) is 0 Å². The van der Waals surface area contributed by atoms with Crippen LogP contribution < -0.4 is 0 Å². The smallest absolute Gasteiger partial charge is 0.224 e. The molecule has 1 saturated heterocycles. The van der Waals surface area contributed by atoms with E-state index in [9.17, 15) is 13.2 Å². The topological polar surface area (TPSA) is 60.9 Å². The molecule has 0 aromatic carbocycles. The van der Waals surface area contributed by atoms with E-state index in [-0.39, 0.29) is 18.9 Å². The van der Waals surface area contributed by atoms with Gasteiger partial charge in [0.15, 0.2) is 0 Å². The number of likely N-dealkylation sites (tertiary alicyclic amines) is 1. The van der Waals surface area contributed by atoms with E-state index in [0.29, 0.717) is 12.6 Å². The van der Waals surface area contributed by atoms with Crippen LogP contribution in [0.1, 0.15) is 45.4 Å². The number of rotatable bonds is 9. The molecule has 1 rings (SSSR count). The Labute approximate surface area is 141 Å². The SMILES string of the molecule is CCC1CCCCN1C(=O)CCN(CCCN(C)C)S(C)(=O)=O. The lowest BCUT2D eigenvalue weighted by Gasteiger charge is -2.35. The number of carbonyl (C=O) groups excluding carboxylic acids is 1. The van der Waals surface area contributed by atoms with E-state index in [4.69, 9.17) is 0 Å². The maximum absolute atomic E-state index is 12.5. The Morgan fingerprint density at radius 3 is 2.43 bits per heavy atom. The fourth-order valence-corrected chi connectivity index (χ4v) is 4.01. The summed E-state index contributed by atoms with van der Waals surface area (Å²) in [6.45, 7) is 4.53. The van der Waals surface area contributed by atoms with Gasteiger partial charge < -0.3 is 9.80 Å². The van der Waals surface area contributed by atoms with Crippen LogP contribution >= 0.6 is 0 Å². The number of hydrogen-bond acceptors (Lipinski definition) is 4. The first-order chi connectivity index (χ1) is 10.8. The van der Waals surface area contributed by atoms with Crippen LogP contribution in [-0.4, -0.2) is 81.0 Å². The van der Waals surface area contributed by atoms with E-state index in [0.717, 1.165) is 38.8 Å². The fraction of sp³-hybridized carbons (Fsp3) is 0.938. The van der Waals surface area contributed by atoms with Crippen molar-refractivity contribution in [2.75, 3.05) is 46.5 Å². The summed E-state index contributed by atoms with van der Waals surface area (Å²) in [5.74, 6) is 0.0952. The number of piperidine rings is 1. The Hall–Kier alpha value is -0.660. The minimum Gasteiger partial charge on any atom is -0.340 e. The summed E-state index contributed by atoms with van der Waals surface area (Å²) in [6, 6.07) is 0.330. The van der Waals surface area contributed by atoms with Crippen LogP contribution in [0.5, 0.6) is 0 Å². The summed E-state index contributed by atoms with van der Waals surface area (Å²) in [7, 11) is 0.671. The Bertz CT molecular complexity index is 465. The molecule has 1 amide bonds. The van der Waals surface area contributed by atoms with Crippen molar-refractivity contribution >= 4 is 15.9 Å². The van der Waals surface area contributed by atoms with Crippen LogP contribution in [0.4, 0.5) is 0 Å². The summed E-state index contributed by atoms with van der Waals surface area (Å²) in [5.41, 5.74) is 0. The van der Waals surface area contributed by atoms with Gasteiger partial charge in [-0.05, 0) is 52.7 Å². The monoisotopic (exact) mass is 347 g/mol. The lowest BCUT2D eigenvalue weighted by atomic mass is 9.99. The van der Waals surface area contributed by atoms with Gasteiger partial charge in [0.25, 0.3) is 0 Å². The third-order valence-corrected chi connectivity index (χ3v) is 5.78. The first-order valence-corrected chi connectivity index (χ1v) is 10.5. The van der Waals surface area contributed by atoms with E-state index in [1.807, 2.05) is 23.9 Å². The first kappa shape index (κ1) is 20.4. The third kappa shape index (κ3) is 7.18. The molecule has 0 spiro atoms. The molecule has 136 valence electrons. The molecule has 1 fully saturated rings. The number of hydrogen-bond donors (Lipinski definition) is 0. The zero-order valence-corrected chi connectivity index (χ0v) is 15.9. The molecule has 0 radical (unpaired) electrons. The number of amides is 1. The van der Waals surface area contributed by atoms with Crippen molar-refractivity contribution in [1.82, 2.24) is 14.1 Å². The molecule has 0 saturated carbocycles. The zero-order chi connectivity index (χ0) is 17.5. The molecule has 1 aliphatic heterocycles. The normalized spacial score (nSPS) is 19.6. The molecule has 0 N–H and O–H groups in total. The van der Waals surface area contributed by atoms with Gasteiger partial charge in [-0.15, -0.1) is 0 Å². The largest absolute Gasteiger partial charge is 0.340 e. The predicted molar refractivity (Wildman–Crippen MR) is 93.8 cm³/mol. The van der Waals surface area contributed by atoms with E-state index in [1.165, 1.54) is 17.0 Å². The Kier molecular flexibility index (Phi) is 8.50. The highest BCUT2D eigenvalue weighted by atomic mass is 32.2. The number of nitrogens with zero attached hydrogens (tertiary/aromatic N) is 3. The standard InChI is InChI=1S/C16H33N3O3S/c1-5-15-9-6-7-13-19(15)16(20)10-14-18(23(4,21)22)12-8-11-17(2)3/h15H,5-14H2,1-4H3. The maximum Gasteiger partial charge on any atom is 0.224 e. The lowest BCUT2D eigenvalue weighted by Crippen LogP contribution is -2.45. The van der Waals surface area contributed by atoms with Crippen LogP contribution in [0, 0.1) is 0 Å². The van der Waals surface area contributed by atoms with Crippen molar-refractivity contribution in [3.05, 3.63) is 0 Å². The second-order valence-corrected chi connectivity index (χ2v) is 8.70. The van der Waals surface area contributed by atoms with Gasteiger partial charge in [0.05, 0.1) is 6.26 Å². The van der Waals surface area contributed by atoms with Crippen LogP contribution in [0.3, 0.4) is 0 Å². The van der Waals surface area contributed by atoms with Gasteiger partial charge in [0, 0.05) is 32.1 Å². The highest BCUT2D eigenvalue weighted by Crippen LogP contribution is 2.20. The summed E-state index contributed by atoms with van der Waals surface area (Å²) in [5, 5.41) is 0. The molecule has 1 unspecified atom stereocenters. The Morgan fingerprint density at radius 2 is 1.87 bits per heavy atom. The molecule has 0 aromatic heterocycles. The summed E-state index contributed by atoms with van der Waals surface area (Å²) in [6.07, 6.45) is 6.57. The average molecular weight is 348 g/mol. The maximum atomic E-state index is 12.5. The van der Waals surface area contributed by atoms with Crippen LogP contribution in [0.2, 0.25) is 0 Å². The summed E-state index contributed by atoms with van der Waals surface area (Å²) < 4.78 is 25.3. The van der Waals surface area contributed by atoms with Crippen molar-refractivity contribution in [2.24, 2.45) is 0 Å². The molecule has 0 aliphatic carbocycles. The van der Waals surface area contributed by atoms with Gasteiger partial charge in [-0.1, -0.05) is 6.92 Å². The zero-order valence-electron chi connectivity index (χ0n) is 15.1. The van der Waals surface area contributed by atoms with E-state index in [2.05, 4.69) is 6.92 Å². The average Bonchev–Trinajstić information content (AvgIpc) is 2.48. The first-order valence-electron chi connectivity index (χ1n) is 8.65. The Morgan fingerprint density at radius 1 is 1.17 bits per heavy atom. The van der Waals surface area contributed by atoms with Gasteiger partial charge >= 0.3 is 0 Å². The van der Waals surface area contributed by atoms with Crippen molar-refractivity contribution in [2.45, 2.75) is 51.5 Å². The van der Waals surface area contributed by atoms with Crippen molar-refractivity contribution in [3.63, 3.8) is 0 Å². The van der Waals surface area contributed by atoms with Crippen molar-refractivity contribution in [1.29, 1.82) is 0 Å². The number of sulfonamides is 1. The number of carbonyl (C=O) groups is 1. The van der Waals surface area contributed by atoms with Crippen LogP contribution in [-0.2, 0) is 14.8 Å². The van der Waals surface area contributed by atoms with Crippen molar-refractivity contribution in [3.8, 4) is 0 Å². The van der Waals surface area contributed by atoms with Gasteiger partial charge in [0.1, 0.15) is 0 Å². The van der Waals surface area contributed by atoms with E-state index < -0.39 is 10.0 Å². The minimum absolute atomic E-state index is 0.0952. The summed E-state index contributed by atoms with van der Waals surface area (Å²) in [4.78, 5) is 16.5. The van der Waals surface area contributed by atoms with Gasteiger partial charge in [-0.25, -0.2) is 12.7 Å². The second-order valence-electron chi connectivity index (χ2n) is 6.71. The van der Waals surface area contributed by atoms with Gasteiger partial charge in [0.2, 0.25) is 15.9 Å². The molecule has 1 heterocycles. The van der Waals surface area contributed by atoms with Crippen LogP contribution in [0.15, 0.2) is 0 Å². The third-order valence-electron chi connectivity index (χ3n) is 4.48. The second kappa shape index (κ2) is 9.59. The molecule has 0 bridgehead atoms. The fourth-order valence-electron chi connectivity index (χ4n) is 3.12. The van der Waals surface area contributed by atoms with Gasteiger partial charge in [-0.3, -0.25) is 4.79 Å². The molecule has 0 aromatic rings. The van der Waals surface area contributed by atoms with E-state index >= 15 is 0 Å². The molecular weight excluding hydrogens is 314 g/mol. The van der Waals surface area contributed by atoms with Crippen molar-refractivity contribution < 1.29 is 13.2 Å². The molecular formula is C16H33N3O3S. The summed E-state index contributed by atoms with van der Waals surface area (Å²) >= 11 is 0. The van der Waals surface area contributed by atoms with Gasteiger partial charge in [-0.2, -0.15) is 0 Å². The predicted octanol–water partition coefficient (Wildman–Crippen LogP) is 1.38. The quantitative estimate of drug-likeness (QED) is 0.632. The molecule has 1 aliphatic rings. The Balaban J connectivity index is 2.54. The minimum atomic E-state index is -3.26.